The van der Waals surface area contributed by atoms with Gasteiger partial charge in [0.25, 0.3) is 10.0 Å². The van der Waals surface area contributed by atoms with Gasteiger partial charge in [0.1, 0.15) is 18.4 Å². The number of hydrogen-bond acceptors (Lipinski definition) is 4. The van der Waals surface area contributed by atoms with E-state index in [0.717, 1.165) is 47.0 Å². The highest BCUT2D eigenvalue weighted by atomic mass is 35.5. The number of unbranched alkanes of at least 4 members (excludes halogenated alkanes) is 1. The number of sulfonamides is 1. The molecule has 0 aliphatic heterocycles. The zero-order chi connectivity index (χ0) is 27.7. The molecule has 1 unspecified atom stereocenters. The van der Waals surface area contributed by atoms with E-state index in [4.69, 9.17) is 11.6 Å². The number of nitrogens with one attached hydrogen (secondary N) is 1. The minimum Gasteiger partial charge on any atom is -0.354 e. The van der Waals surface area contributed by atoms with Crippen LogP contribution in [0, 0.1) is 5.82 Å². The van der Waals surface area contributed by atoms with Gasteiger partial charge in [-0.1, -0.05) is 55.3 Å². The predicted molar refractivity (Wildman–Crippen MR) is 147 cm³/mol. The molecule has 1 N–H and O–H groups in total. The third-order valence-corrected chi connectivity index (χ3v) is 8.03. The van der Waals surface area contributed by atoms with Gasteiger partial charge in [-0.15, -0.1) is 0 Å². The molecule has 38 heavy (non-hydrogen) atoms. The minimum atomic E-state index is -4.24. The average molecular weight is 560 g/mol. The number of para-hydroxylation sites is 1. The van der Waals surface area contributed by atoms with Crippen molar-refractivity contribution in [1.29, 1.82) is 0 Å². The lowest BCUT2D eigenvalue weighted by Gasteiger charge is -2.32. The number of hydrogen-bond donors (Lipinski definition) is 1. The van der Waals surface area contributed by atoms with Gasteiger partial charge in [-0.3, -0.25) is 13.9 Å². The van der Waals surface area contributed by atoms with Gasteiger partial charge in [0.15, 0.2) is 0 Å². The molecule has 0 saturated carbocycles. The van der Waals surface area contributed by atoms with Crippen molar-refractivity contribution in [2.75, 3.05) is 17.4 Å². The van der Waals surface area contributed by atoms with Crippen molar-refractivity contribution in [2.24, 2.45) is 0 Å². The molecule has 2 amide bonds. The number of benzene rings is 3. The van der Waals surface area contributed by atoms with E-state index in [1.807, 2.05) is 6.92 Å². The fraction of sp³-hybridized carbons (Fsp3) is 0.286. The first-order valence-electron chi connectivity index (χ1n) is 12.3. The predicted octanol–water partition coefficient (Wildman–Crippen LogP) is 5.01. The van der Waals surface area contributed by atoms with Crippen LogP contribution < -0.4 is 9.62 Å². The lowest BCUT2D eigenvalue weighted by Crippen LogP contribution is -2.51. The highest BCUT2D eigenvalue weighted by Crippen LogP contribution is 2.24. The summed E-state index contributed by atoms with van der Waals surface area (Å²) < 4.78 is 41.7. The van der Waals surface area contributed by atoms with Crippen LogP contribution in [0.25, 0.3) is 0 Å². The average Bonchev–Trinajstić information content (AvgIpc) is 2.91. The second kappa shape index (κ2) is 13.4. The molecule has 202 valence electrons. The summed E-state index contributed by atoms with van der Waals surface area (Å²) in [4.78, 5) is 27.9. The zero-order valence-corrected chi connectivity index (χ0v) is 22.9. The second-order valence-electron chi connectivity index (χ2n) is 8.77. The van der Waals surface area contributed by atoms with Crippen LogP contribution >= 0.6 is 11.6 Å². The lowest BCUT2D eigenvalue weighted by molar-refractivity contribution is -0.139. The van der Waals surface area contributed by atoms with Crippen molar-refractivity contribution in [3.63, 3.8) is 0 Å². The fourth-order valence-electron chi connectivity index (χ4n) is 3.76. The highest BCUT2D eigenvalue weighted by molar-refractivity contribution is 7.92. The molecular weight excluding hydrogens is 529 g/mol. The first kappa shape index (κ1) is 29.1. The molecule has 0 aromatic heterocycles. The number of amides is 2. The summed E-state index contributed by atoms with van der Waals surface area (Å²) in [6, 6.07) is 18.6. The smallest absolute Gasteiger partial charge is 0.264 e. The minimum absolute atomic E-state index is 0.0671. The highest BCUT2D eigenvalue weighted by Gasteiger charge is 2.32. The Bertz CT molecular complexity index is 1320. The molecular formula is C28H31ClFN3O4S. The number of halogens is 2. The van der Waals surface area contributed by atoms with E-state index in [1.54, 1.807) is 61.5 Å². The van der Waals surface area contributed by atoms with Gasteiger partial charge in [0.05, 0.1) is 10.6 Å². The maximum Gasteiger partial charge on any atom is 0.264 e. The van der Waals surface area contributed by atoms with Crippen LogP contribution in [0.15, 0.2) is 83.8 Å². The van der Waals surface area contributed by atoms with Crippen molar-refractivity contribution >= 4 is 39.1 Å². The molecule has 0 bridgehead atoms. The molecule has 0 heterocycles. The Morgan fingerprint density at radius 1 is 0.974 bits per heavy atom. The van der Waals surface area contributed by atoms with Gasteiger partial charge < -0.3 is 10.2 Å². The SMILES string of the molecule is CCCCNC(=O)C(C)N(Cc1ccc(Cl)cc1)C(=O)CN(c1ccccc1)S(=O)(=O)c1ccc(F)cc1. The van der Waals surface area contributed by atoms with E-state index < -0.39 is 34.3 Å². The fourth-order valence-corrected chi connectivity index (χ4v) is 5.30. The Hall–Kier alpha value is -3.43. The summed E-state index contributed by atoms with van der Waals surface area (Å²) in [5.41, 5.74) is 0.986. The molecule has 0 radical (unpaired) electrons. The maximum absolute atomic E-state index is 13.8. The summed E-state index contributed by atoms with van der Waals surface area (Å²) in [7, 11) is -4.24. The molecule has 0 saturated heterocycles. The van der Waals surface area contributed by atoms with E-state index in [1.165, 1.54) is 4.90 Å². The second-order valence-corrected chi connectivity index (χ2v) is 11.1. The number of anilines is 1. The Balaban J connectivity index is 1.96. The number of carbonyl (C=O) groups is 2. The molecule has 1 atom stereocenters. The molecule has 7 nitrogen and oxygen atoms in total. The van der Waals surface area contributed by atoms with E-state index in [0.29, 0.717) is 11.6 Å². The Morgan fingerprint density at radius 3 is 2.21 bits per heavy atom. The number of nitrogens with zero attached hydrogens (tertiary/aromatic N) is 2. The molecule has 3 aromatic carbocycles. The van der Waals surface area contributed by atoms with Gasteiger partial charge in [-0.2, -0.15) is 0 Å². The van der Waals surface area contributed by atoms with Crippen LogP contribution in [0.2, 0.25) is 5.02 Å². The number of carbonyl (C=O) groups excluding carboxylic acids is 2. The Labute approximate surface area is 228 Å². The summed E-state index contributed by atoms with van der Waals surface area (Å²) in [6.45, 7) is 3.58. The third kappa shape index (κ3) is 7.55. The van der Waals surface area contributed by atoms with E-state index in [-0.39, 0.29) is 23.0 Å². The Kier molecular flexibility index (Phi) is 10.3. The molecule has 3 aromatic rings. The quantitative estimate of drug-likeness (QED) is 0.316. The van der Waals surface area contributed by atoms with Crippen LogP contribution in [-0.2, 0) is 26.2 Å². The standard InChI is InChI=1S/C28H31ClFN3O4S/c1-3-4-18-31-28(35)21(2)32(19-22-10-12-23(29)13-11-22)27(34)20-33(25-8-6-5-7-9-25)38(36,37)26-16-14-24(30)15-17-26/h5-17,21H,3-4,18-20H2,1-2H3,(H,31,35). The van der Waals surface area contributed by atoms with Crippen molar-refractivity contribution in [3.8, 4) is 0 Å². The Morgan fingerprint density at radius 2 is 1.61 bits per heavy atom. The van der Waals surface area contributed by atoms with Crippen molar-refractivity contribution in [2.45, 2.75) is 44.2 Å². The third-order valence-electron chi connectivity index (χ3n) is 5.99. The summed E-state index contributed by atoms with van der Waals surface area (Å²) in [5.74, 6) is -1.50. The zero-order valence-electron chi connectivity index (χ0n) is 21.3. The van der Waals surface area contributed by atoms with Crippen molar-refractivity contribution < 1.29 is 22.4 Å². The first-order valence-corrected chi connectivity index (χ1v) is 14.1. The van der Waals surface area contributed by atoms with Crippen LogP contribution in [-0.4, -0.2) is 44.3 Å². The molecule has 10 heteroatoms. The van der Waals surface area contributed by atoms with Crippen LogP contribution in [0.1, 0.15) is 32.3 Å². The van der Waals surface area contributed by atoms with Crippen LogP contribution in [0.5, 0.6) is 0 Å². The maximum atomic E-state index is 13.8. The normalized spacial score (nSPS) is 12.0. The molecule has 0 aliphatic carbocycles. The van der Waals surface area contributed by atoms with Crippen molar-refractivity contribution in [3.05, 3.63) is 95.3 Å². The number of rotatable bonds is 12. The first-order chi connectivity index (χ1) is 18.1. The topological polar surface area (TPSA) is 86.8 Å². The summed E-state index contributed by atoms with van der Waals surface area (Å²) in [5, 5.41) is 3.36. The summed E-state index contributed by atoms with van der Waals surface area (Å²) >= 11 is 6.01. The monoisotopic (exact) mass is 559 g/mol. The molecule has 0 aliphatic rings. The van der Waals surface area contributed by atoms with Crippen LogP contribution in [0.4, 0.5) is 10.1 Å². The summed E-state index contributed by atoms with van der Waals surface area (Å²) in [6.07, 6.45) is 1.69. The van der Waals surface area contributed by atoms with Gasteiger partial charge in [-0.25, -0.2) is 12.8 Å². The van der Waals surface area contributed by atoms with Gasteiger partial charge in [0.2, 0.25) is 11.8 Å². The largest absolute Gasteiger partial charge is 0.354 e. The molecule has 3 rings (SSSR count). The van der Waals surface area contributed by atoms with Gasteiger partial charge in [0, 0.05) is 18.1 Å². The lowest BCUT2D eigenvalue weighted by atomic mass is 10.1. The van der Waals surface area contributed by atoms with Gasteiger partial charge >= 0.3 is 0 Å². The molecule has 0 fully saturated rings. The van der Waals surface area contributed by atoms with Gasteiger partial charge in [-0.05, 0) is 67.4 Å². The van der Waals surface area contributed by atoms with E-state index in [9.17, 15) is 22.4 Å². The van der Waals surface area contributed by atoms with E-state index >= 15 is 0 Å². The van der Waals surface area contributed by atoms with Crippen LogP contribution in [0.3, 0.4) is 0 Å². The molecule has 0 spiro atoms. The van der Waals surface area contributed by atoms with E-state index in [2.05, 4.69) is 5.32 Å². The van der Waals surface area contributed by atoms with Crippen molar-refractivity contribution in [1.82, 2.24) is 10.2 Å².